The summed E-state index contributed by atoms with van der Waals surface area (Å²) in [6.45, 7) is 5.74. The van der Waals surface area contributed by atoms with Crippen LogP contribution in [-0.2, 0) is 35.7 Å². The monoisotopic (exact) mass is 437 g/mol. The van der Waals surface area contributed by atoms with Crippen molar-refractivity contribution < 1.29 is 9.53 Å². The molecule has 0 aromatic heterocycles. The van der Waals surface area contributed by atoms with Gasteiger partial charge < -0.3 is 15.4 Å². The quantitative estimate of drug-likeness (QED) is 0.728. The minimum atomic E-state index is -0.0355. The number of carbonyl (C=O) groups excluding carboxylic acids is 1. The predicted molar refractivity (Wildman–Crippen MR) is 119 cm³/mol. The lowest BCUT2D eigenvalue weighted by Crippen LogP contribution is -2.44. The maximum absolute atomic E-state index is 12.4. The first-order valence-electron chi connectivity index (χ1n) is 9.72. The van der Waals surface area contributed by atoms with Crippen molar-refractivity contribution in [3.8, 4) is 0 Å². The van der Waals surface area contributed by atoms with Crippen LogP contribution in [0.5, 0.6) is 0 Å². The number of rotatable bonds is 6. The number of hydrogen-bond donors (Lipinski definition) is 2. The highest BCUT2D eigenvalue weighted by Crippen LogP contribution is 2.17. The molecule has 1 atom stereocenters. The summed E-state index contributed by atoms with van der Waals surface area (Å²) in [5, 5.41) is 6.39. The predicted octanol–water partition coefficient (Wildman–Crippen LogP) is 3.04. The van der Waals surface area contributed by atoms with Crippen molar-refractivity contribution in [2.75, 3.05) is 19.7 Å². The molecule has 1 saturated heterocycles. The third-order valence-electron chi connectivity index (χ3n) is 5.28. The third-order valence-corrected chi connectivity index (χ3v) is 5.28. The van der Waals surface area contributed by atoms with E-state index in [1.54, 1.807) is 0 Å². The van der Waals surface area contributed by atoms with Crippen molar-refractivity contribution in [1.29, 1.82) is 0 Å². The lowest BCUT2D eigenvalue weighted by Gasteiger charge is -2.32. The van der Waals surface area contributed by atoms with Crippen molar-refractivity contribution in [2.45, 2.75) is 38.7 Å². The van der Waals surface area contributed by atoms with Crippen LogP contribution in [0.4, 0.5) is 0 Å². The Kier molecular flexibility index (Phi) is 9.40. The van der Waals surface area contributed by atoms with Crippen molar-refractivity contribution in [3.05, 3.63) is 70.8 Å². The van der Waals surface area contributed by atoms with Crippen molar-refractivity contribution >= 4 is 30.7 Å². The SMILES string of the molecule is Cl.Cl.O=C(CC1CN(Cc2ccccc2)CCO1)NCc1ccc2c(c1)CNC2. The second kappa shape index (κ2) is 11.5. The molecular weight excluding hydrogens is 409 g/mol. The number of carbonyl (C=O) groups is 1. The van der Waals surface area contributed by atoms with E-state index in [0.717, 1.165) is 38.3 Å². The summed E-state index contributed by atoms with van der Waals surface area (Å²) in [7, 11) is 0. The smallest absolute Gasteiger partial charge is 0.222 e. The first-order valence-corrected chi connectivity index (χ1v) is 9.72. The molecule has 2 aliphatic heterocycles. The molecule has 158 valence electrons. The molecule has 0 bridgehead atoms. The molecule has 2 heterocycles. The van der Waals surface area contributed by atoms with E-state index in [-0.39, 0.29) is 36.8 Å². The van der Waals surface area contributed by atoms with Gasteiger partial charge in [0.2, 0.25) is 5.91 Å². The lowest BCUT2D eigenvalue weighted by molar-refractivity contribution is -0.126. The van der Waals surface area contributed by atoms with Gasteiger partial charge in [-0.2, -0.15) is 0 Å². The molecule has 7 heteroatoms. The van der Waals surface area contributed by atoms with Gasteiger partial charge in [-0.3, -0.25) is 9.69 Å². The second-order valence-corrected chi connectivity index (χ2v) is 7.40. The van der Waals surface area contributed by atoms with Crippen molar-refractivity contribution in [1.82, 2.24) is 15.5 Å². The van der Waals surface area contributed by atoms with E-state index in [0.29, 0.717) is 19.6 Å². The summed E-state index contributed by atoms with van der Waals surface area (Å²) < 4.78 is 5.82. The summed E-state index contributed by atoms with van der Waals surface area (Å²) in [5.74, 6) is 0.0557. The Bertz CT molecular complexity index is 789. The molecule has 1 unspecified atom stereocenters. The Hall–Kier alpha value is -1.63. The third kappa shape index (κ3) is 6.69. The Morgan fingerprint density at radius 1 is 1.07 bits per heavy atom. The normalized spacial score (nSPS) is 18.3. The van der Waals surface area contributed by atoms with Crippen LogP contribution in [0.15, 0.2) is 48.5 Å². The topological polar surface area (TPSA) is 53.6 Å². The van der Waals surface area contributed by atoms with E-state index in [9.17, 15) is 4.79 Å². The maximum atomic E-state index is 12.4. The summed E-state index contributed by atoms with van der Waals surface area (Å²) in [6.07, 6.45) is 0.379. The number of amides is 1. The summed E-state index contributed by atoms with van der Waals surface area (Å²) in [5.41, 5.74) is 5.16. The number of ether oxygens (including phenoxy) is 1. The van der Waals surface area contributed by atoms with Crippen LogP contribution in [0.1, 0.15) is 28.7 Å². The van der Waals surface area contributed by atoms with Gasteiger partial charge in [-0.25, -0.2) is 0 Å². The molecule has 2 aliphatic rings. The highest BCUT2D eigenvalue weighted by Gasteiger charge is 2.23. The van der Waals surface area contributed by atoms with Crippen LogP contribution in [-0.4, -0.2) is 36.6 Å². The van der Waals surface area contributed by atoms with Crippen LogP contribution in [0.3, 0.4) is 0 Å². The molecular formula is C22H29Cl2N3O2. The van der Waals surface area contributed by atoms with Crippen LogP contribution in [0.25, 0.3) is 0 Å². The zero-order valence-corrected chi connectivity index (χ0v) is 18.1. The minimum Gasteiger partial charge on any atom is -0.375 e. The summed E-state index contributed by atoms with van der Waals surface area (Å²) in [6, 6.07) is 16.9. The lowest BCUT2D eigenvalue weighted by atomic mass is 10.1. The largest absolute Gasteiger partial charge is 0.375 e. The van der Waals surface area contributed by atoms with Gasteiger partial charge in [0.25, 0.3) is 0 Å². The Balaban J connectivity index is 0.00000150. The standard InChI is InChI=1S/C22H27N3O2.2ClH/c26-22(24-12-18-6-7-19-13-23-14-20(19)10-18)11-21-16-25(8-9-27-21)15-17-4-2-1-3-5-17;;/h1-7,10,21,23H,8-9,11-16H2,(H,24,26);2*1H. The van der Waals surface area contributed by atoms with Gasteiger partial charge >= 0.3 is 0 Å². The molecule has 4 rings (SSSR count). The molecule has 2 aromatic carbocycles. The Morgan fingerprint density at radius 3 is 2.69 bits per heavy atom. The van der Waals surface area contributed by atoms with Gasteiger partial charge in [-0.1, -0.05) is 48.5 Å². The van der Waals surface area contributed by atoms with E-state index in [2.05, 4.69) is 58.0 Å². The zero-order chi connectivity index (χ0) is 18.5. The Morgan fingerprint density at radius 2 is 1.86 bits per heavy atom. The molecule has 0 radical (unpaired) electrons. The van der Waals surface area contributed by atoms with Crippen molar-refractivity contribution in [3.63, 3.8) is 0 Å². The molecule has 5 nitrogen and oxygen atoms in total. The number of benzene rings is 2. The average Bonchev–Trinajstić information content (AvgIpc) is 3.15. The minimum absolute atomic E-state index is 0. The fourth-order valence-corrected chi connectivity index (χ4v) is 3.83. The summed E-state index contributed by atoms with van der Waals surface area (Å²) >= 11 is 0. The number of nitrogens with zero attached hydrogens (tertiary/aromatic N) is 1. The summed E-state index contributed by atoms with van der Waals surface area (Å²) in [4.78, 5) is 14.7. The average molecular weight is 438 g/mol. The first-order chi connectivity index (χ1) is 13.3. The molecule has 2 N–H and O–H groups in total. The fourth-order valence-electron chi connectivity index (χ4n) is 3.83. The van der Waals surface area contributed by atoms with E-state index in [1.165, 1.54) is 16.7 Å². The van der Waals surface area contributed by atoms with E-state index in [1.807, 2.05) is 6.07 Å². The molecule has 29 heavy (non-hydrogen) atoms. The Labute approximate surface area is 185 Å². The van der Waals surface area contributed by atoms with Gasteiger partial charge in [-0.05, 0) is 22.3 Å². The van der Waals surface area contributed by atoms with E-state index < -0.39 is 0 Å². The van der Waals surface area contributed by atoms with E-state index in [4.69, 9.17) is 4.74 Å². The van der Waals surface area contributed by atoms with Gasteiger partial charge in [0, 0.05) is 39.3 Å². The van der Waals surface area contributed by atoms with Crippen molar-refractivity contribution in [2.24, 2.45) is 0 Å². The number of nitrogens with one attached hydrogen (secondary N) is 2. The van der Waals surface area contributed by atoms with Gasteiger partial charge in [-0.15, -0.1) is 24.8 Å². The number of hydrogen-bond acceptors (Lipinski definition) is 4. The number of fused-ring (bicyclic) bond motifs is 1. The molecule has 2 aromatic rings. The maximum Gasteiger partial charge on any atom is 0.222 e. The van der Waals surface area contributed by atoms with E-state index >= 15 is 0 Å². The second-order valence-electron chi connectivity index (χ2n) is 7.40. The first kappa shape index (κ1) is 23.6. The highest BCUT2D eigenvalue weighted by molar-refractivity contribution is 5.85. The highest BCUT2D eigenvalue weighted by atomic mass is 35.5. The molecule has 0 saturated carbocycles. The number of morpholine rings is 1. The van der Waals surface area contributed by atoms with Gasteiger partial charge in [0.1, 0.15) is 0 Å². The fraction of sp³-hybridized carbons (Fsp3) is 0.409. The van der Waals surface area contributed by atoms with Crippen LogP contribution in [0.2, 0.25) is 0 Å². The van der Waals surface area contributed by atoms with Crippen LogP contribution < -0.4 is 10.6 Å². The van der Waals surface area contributed by atoms with Crippen LogP contribution >= 0.6 is 24.8 Å². The van der Waals surface area contributed by atoms with Crippen LogP contribution in [0, 0.1) is 0 Å². The van der Waals surface area contributed by atoms with Gasteiger partial charge in [0.15, 0.2) is 0 Å². The molecule has 0 spiro atoms. The zero-order valence-electron chi connectivity index (χ0n) is 16.4. The molecule has 1 amide bonds. The number of halogens is 2. The molecule has 1 fully saturated rings. The molecule has 0 aliphatic carbocycles. The van der Waals surface area contributed by atoms with Gasteiger partial charge in [0.05, 0.1) is 19.1 Å².